The molecule has 0 bridgehead atoms. The topological polar surface area (TPSA) is 58.4 Å². The number of anilines is 1. The van der Waals surface area contributed by atoms with E-state index in [1.165, 1.54) is 12.8 Å². The molecule has 1 amide bonds. The number of carbonyl (C=O) groups is 1. The Morgan fingerprint density at radius 2 is 2.17 bits per heavy atom. The summed E-state index contributed by atoms with van der Waals surface area (Å²) in [6.45, 7) is 5.14. The molecule has 4 nitrogen and oxygen atoms in total. The summed E-state index contributed by atoms with van der Waals surface area (Å²) in [5.41, 5.74) is 6.91. The molecule has 3 N–H and O–H groups in total. The van der Waals surface area contributed by atoms with Crippen molar-refractivity contribution in [3.05, 3.63) is 29.8 Å². The minimum atomic E-state index is -0.0478. The first-order valence-electron chi connectivity index (χ1n) is 6.54. The van der Waals surface area contributed by atoms with Crippen LogP contribution in [-0.2, 0) is 0 Å². The lowest BCUT2D eigenvalue weighted by atomic mass is 10.2. The van der Waals surface area contributed by atoms with Gasteiger partial charge in [-0.3, -0.25) is 9.69 Å². The highest BCUT2D eigenvalue weighted by molar-refractivity contribution is 5.94. The number of carbonyl (C=O) groups excluding carboxylic acids is 1. The lowest BCUT2D eigenvalue weighted by Crippen LogP contribution is -2.40. The average Bonchev–Trinajstić information content (AvgIpc) is 2.89. The lowest BCUT2D eigenvalue weighted by Gasteiger charge is -2.23. The van der Waals surface area contributed by atoms with Crippen molar-refractivity contribution < 1.29 is 4.79 Å². The number of nitrogen functional groups attached to an aromatic ring is 1. The molecule has 1 fully saturated rings. The van der Waals surface area contributed by atoms with E-state index < -0.39 is 0 Å². The summed E-state index contributed by atoms with van der Waals surface area (Å²) in [4.78, 5) is 14.3. The molecule has 1 saturated heterocycles. The smallest absolute Gasteiger partial charge is 0.251 e. The Morgan fingerprint density at radius 3 is 2.83 bits per heavy atom. The average molecular weight is 247 g/mol. The van der Waals surface area contributed by atoms with Gasteiger partial charge in [0.2, 0.25) is 0 Å². The summed E-state index contributed by atoms with van der Waals surface area (Å²) in [6.07, 6.45) is 2.54. The Morgan fingerprint density at radius 1 is 1.44 bits per heavy atom. The Bertz CT molecular complexity index is 413. The van der Waals surface area contributed by atoms with Crippen molar-refractivity contribution in [1.29, 1.82) is 0 Å². The van der Waals surface area contributed by atoms with Crippen molar-refractivity contribution in [3.63, 3.8) is 0 Å². The van der Waals surface area contributed by atoms with E-state index in [4.69, 9.17) is 5.73 Å². The molecule has 1 atom stereocenters. The molecule has 0 spiro atoms. The van der Waals surface area contributed by atoms with Crippen molar-refractivity contribution in [2.45, 2.75) is 25.8 Å². The van der Waals surface area contributed by atoms with E-state index >= 15 is 0 Å². The van der Waals surface area contributed by atoms with Gasteiger partial charge in [0, 0.05) is 23.8 Å². The molecule has 0 radical (unpaired) electrons. The fourth-order valence-electron chi connectivity index (χ4n) is 2.33. The van der Waals surface area contributed by atoms with Crippen molar-refractivity contribution in [1.82, 2.24) is 10.2 Å². The van der Waals surface area contributed by atoms with E-state index in [1.807, 2.05) is 0 Å². The molecule has 1 aromatic rings. The molecule has 0 aliphatic carbocycles. The van der Waals surface area contributed by atoms with Gasteiger partial charge in [-0.25, -0.2) is 0 Å². The Balaban J connectivity index is 1.84. The van der Waals surface area contributed by atoms with Crippen LogP contribution in [0.2, 0.25) is 0 Å². The number of hydrogen-bond acceptors (Lipinski definition) is 3. The van der Waals surface area contributed by atoms with Gasteiger partial charge in [0.25, 0.3) is 5.91 Å². The van der Waals surface area contributed by atoms with Crippen LogP contribution in [0, 0.1) is 0 Å². The fourth-order valence-corrected chi connectivity index (χ4v) is 2.33. The number of amides is 1. The molecule has 1 heterocycles. The van der Waals surface area contributed by atoms with E-state index in [1.54, 1.807) is 24.3 Å². The van der Waals surface area contributed by atoms with Crippen LogP contribution in [0.25, 0.3) is 0 Å². The van der Waals surface area contributed by atoms with Gasteiger partial charge in [0.1, 0.15) is 0 Å². The quantitative estimate of drug-likeness (QED) is 0.792. The number of nitrogens with zero attached hydrogens (tertiary/aromatic N) is 1. The van der Waals surface area contributed by atoms with Crippen LogP contribution in [-0.4, -0.2) is 36.5 Å². The maximum absolute atomic E-state index is 11.9. The molecule has 1 unspecified atom stereocenters. The number of rotatable bonds is 4. The molecule has 0 saturated carbocycles. The number of nitrogens with two attached hydrogens (primary N) is 1. The van der Waals surface area contributed by atoms with Gasteiger partial charge >= 0.3 is 0 Å². The predicted octanol–water partition coefficient (Wildman–Crippen LogP) is 1.48. The molecule has 98 valence electrons. The van der Waals surface area contributed by atoms with Gasteiger partial charge in [-0.05, 0) is 51.1 Å². The summed E-state index contributed by atoms with van der Waals surface area (Å²) in [7, 11) is 0. The molecule has 0 aromatic heterocycles. The monoisotopic (exact) mass is 247 g/mol. The summed E-state index contributed by atoms with van der Waals surface area (Å²) < 4.78 is 0. The van der Waals surface area contributed by atoms with Crippen LogP contribution in [0.4, 0.5) is 5.69 Å². The van der Waals surface area contributed by atoms with Gasteiger partial charge < -0.3 is 11.1 Å². The van der Waals surface area contributed by atoms with E-state index in [0.29, 0.717) is 23.8 Å². The van der Waals surface area contributed by atoms with Gasteiger partial charge in [-0.1, -0.05) is 6.07 Å². The van der Waals surface area contributed by atoms with E-state index in [-0.39, 0.29) is 5.91 Å². The van der Waals surface area contributed by atoms with Crippen LogP contribution in [0.5, 0.6) is 0 Å². The van der Waals surface area contributed by atoms with Crippen LogP contribution in [0.3, 0.4) is 0 Å². The second-order valence-corrected chi connectivity index (χ2v) is 4.93. The predicted molar refractivity (Wildman–Crippen MR) is 73.5 cm³/mol. The number of likely N-dealkylation sites (tertiary alicyclic amines) is 1. The third kappa shape index (κ3) is 3.23. The minimum Gasteiger partial charge on any atom is -0.399 e. The summed E-state index contributed by atoms with van der Waals surface area (Å²) in [5.74, 6) is -0.0478. The Hall–Kier alpha value is -1.55. The highest BCUT2D eigenvalue weighted by Gasteiger charge is 2.18. The van der Waals surface area contributed by atoms with Crippen LogP contribution in [0.1, 0.15) is 30.1 Å². The lowest BCUT2D eigenvalue weighted by molar-refractivity contribution is 0.0940. The standard InChI is InChI=1S/C14H21N3O/c1-11(17-7-2-3-8-17)10-16-14(18)12-5-4-6-13(15)9-12/h4-6,9,11H,2-3,7-8,10,15H2,1H3,(H,16,18). The van der Waals surface area contributed by atoms with Gasteiger partial charge in [0.05, 0.1) is 0 Å². The zero-order chi connectivity index (χ0) is 13.0. The van der Waals surface area contributed by atoms with Crippen LogP contribution in [0.15, 0.2) is 24.3 Å². The second-order valence-electron chi connectivity index (χ2n) is 4.93. The maximum atomic E-state index is 11.9. The van der Waals surface area contributed by atoms with Gasteiger partial charge in [0.15, 0.2) is 0 Å². The van der Waals surface area contributed by atoms with Crippen molar-refractivity contribution in [2.75, 3.05) is 25.4 Å². The van der Waals surface area contributed by atoms with E-state index in [2.05, 4.69) is 17.1 Å². The first kappa shape index (κ1) is 12.9. The van der Waals surface area contributed by atoms with Crippen LogP contribution >= 0.6 is 0 Å². The minimum absolute atomic E-state index is 0.0478. The third-order valence-corrected chi connectivity index (χ3v) is 3.47. The van der Waals surface area contributed by atoms with Gasteiger partial charge in [-0.15, -0.1) is 0 Å². The third-order valence-electron chi connectivity index (χ3n) is 3.47. The van der Waals surface area contributed by atoms with E-state index in [0.717, 1.165) is 13.1 Å². The van der Waals surface area contributed by atoms with E-state index in [9.17, 15) is 4.79 Å². The molecule has 4 heteroatoms. The summed E-state index contributed by atoms with van der Waals surface area (Å²) >= 11 is 0. The fraction of sp³-hybridized carbons (Fsp3) is 0.500. The number of benzene rings is 1. The first-order chi connectivity index (χ1) is 8.66. The second kappa shape index (κ2) is 5.87. The molecule has 2 rings (SSSR count). The molecular weight excluding hydrogens is 226 g/mol. The van der Waals surface area contributed by atoms with Crippen molar-refractivity contribution >= 4 is 11.6 Å². The maximum Gasteiger partial charge on any atom is 0.251 e. The van der Waals surface area contributed by atoms with Gasteiger partial charge in [-0.2, -0.15) is 0 Å². The Labute approximate surface area is 108 Å². The highest BCUT2D eigenvalue weighted by atomic mass is 16.1. The zero-order valence-corrected chi connectivity index (χ0v) is 10.9. The largest absolute Gasteiger partial charge is 0.399 e. The summed E-state index contributed by atoms with van der Waals surface area (Å²) in [5, 5.41) is 2.97. The Kier molecular flexibility index (Phi) is 4.20. The molecule has 1 aliphatic heterocycles. The number of nitrogens with one attached hydrogen (secondary N) is 1. The molecule has 1 aliphatic rings. The zero-order valence-electron chi connectivity index (χ0n) is 10.9. The van der Waals surface area contributed by atoms with Crippen molar-refractivity contribution in [2.24, 2.45) is 0 Å². The molecule has 1 aromatic carbocycles. The highest BCUT2D eigenvalue weighted by Crippen LogP contribution is 2.11. The van der Waals surface area contributed by atoms with Crippen molar-refractivity contribution in [3.8, 4) is 0 Å². The normalized spacial score (nSPS) is 17.6. The summed E-state index contributed by atoms with van der Waals surface area (Å²) in [6, 6.07) is 7.47. The molecule has 18 heavy (non-hydrogen) atoms. The SMILES string of the molecule is CC(CNC(=O)c1cccc(N)c1)N1CCCC1. The molecular formula is C14H21N3O. The first-order valence-corrected chi connectivity index (χ1v) is 6.54. The number of hydrogen-bond donors (Lipinski definition) is 2. The van der Waals surface area contributed by atoms with Crippen LogP contribution < -0.4 is 11.1 Å².